The first-order valence-electron chi connectivity index (χ1n) is 7.78. The molecule has 1 aliphatic heterocycles. The fourth-order valence-corrected chi connectivity index (χ4v) is 3.32. The molecule has 2 unspecified atom stereocenters. The molecule has 0 radical (unpaired) electrons. The van der Waals surface area contributed by atoms with Crippen LogP contribution in [0.2, 0.25) is 0 Å². The zero-order valence-corrected chi connectivity index (χ0v) is 13.2. The fourth-order valence-electron chi connectivity index (χ4n) is 3.32. The van der Waals surface area contributed by atoms with E-state index in [1.54, 1.807) is 0 Å². The van der Waals surface area contributed by atoms with E-state index in [0.29, 0.717) is 6.61 Å². The van der Waals surface area contributed by atoms with Crippen molar-refractivity contribution >= 4 is 5.97 Å². The minimum atomic E-state index is -1.20. The first-order chi connectivity index (χ1) is 11.1. The summed E-state index contributed by atoms with van der Waals surface area (Å²) >= 11 is 0. The molecular weight excluding hydrogens is 294 g/mol. The van der Waals surface area contributed by atoms with Crippen molar-refractivity contribution in [3.8, 4) is 11.3 Å². The number of ether oxygens (including phenoxy) is 1. The van der Waals surface area contributed by atoms with Crippen LogP contribution in [0.5, 0.6) is 0 Å². The molecule has 23 heavy (non-hydrogen) atoms. The summed E-state index contributed by atoms with van der Waals surface area (Å²) in [5, 5.41) is 9.25. The van der Waals surface area contributed by atoms with Crippen LogP contribution in [0.15, 0.2) is 41.3 Å². The zero-order valence-electron chi connectivity index (χ0n) is 13.2. The average molecular weight is 313 g/mol. The van der Waals surface area contributed by atoms with Crippen LogP contribution >= 0.6 is 0 Å². The molecule has 0 amide bonds. The number of rotatable bonds is 4. The summed E-state index contributed by atoms with van der Waals surface area (Å²) in [4.78, 5) is 23.4. The van der Waals surface area contributed by atoms with Gasteiger partial charge in [-0.2, -0.15) is 0 Å². The van der Waals surface area contributed by atoms with Gasteiger partial charge in [0.15, 0.2) is 5.43 Å². The summed E-state index contributed by atoms with van der Waals surface area (Å²) < 4.78 is 7.84. The molecule has 1 aromatic heterocycles. The summed E-state index contributed by atoms with van der Waals surface area (Å²) in [5.74, 6) is -1.20. The lowest BCUT2D eigenvalue weighted by Gasteiger charge is -2.36. The van der Waals surface area contributed by atoms with E-state index in [9.17, 15) is 14.7 Å². The number of hydrogen-bond acceptors (Lipinski definition) is 3. The van der Waals surface area contributed by atoms with Crippen LogP contribution in [-0.4, -0.2) is 22.2 Å². The molecule has 120 valence electrons. The molecule has 2 aromatic rings. The topological polar surface area (TPSA) is 68.5 Å². The molecule has 0 aliphatic carbocycles. The standard InChI is InChI=1S/C18H19NO4/c1-3-14-17(23-4-2)12-8-6-5-7-11(12)15-9-16(20)13(18(21)22)10-19(14)15/h5-10,14,17H,3-4H2,1-2H3,(H,21,22). The van der Waals surface area contributed by atoms with Gasteiger partial charge in [-0.25, -0.2) is 4.79 Å². The van der Waals surface area contributed by atoms with Gasteiger partial charge in [0, 0.05) is 24.4 Å². The molecule has 5 heteroatoms. The first kappa shape index (κ1) is 15.5. The summed E-state index contributed by atoms with van der Waals surface area (Å²) in [6.45, 7) is 4.54. The Bertz CT molecular complexity index is 809. The molecule has 0 saturated carbocycles. The minimum Gasteiger partial charge on any atom is -0.477 e. The van der Waals surface area contributed by atoms with Gasteiger partial charge in [-0.15, -0.1) is 0 Å². The second-order valence-electron chi connectivity index (χ2n) is 5.59. The maximum Gasteiger partial charge on any atom is 0.341 e. The molecule has 2 heterocycles. The lowest BCUT2D eigenvalue weighted by Crippen LogP contribution is -2.29. The number of carboxylic acid groups (broad SMARTS) is 1. The van der Waals surface area contributed by atoms with E-state index in [0.717, 1.165) is 23.2 Å². The molecule has 3 rings (SSSR count). The smallest absolute Gasteiger partial charge is 0.341 e. The number of carboxylic acids is 1. The Hall–Kier alpha value is -2.40. The molecular formula is C18H19NO4. The highest BCUT2D eigenvalue weighted by Gasteiger charge is 2.33. The van der Waals surface area contributed by atoms with E-state index < -0.39 is 11.4 Å². The van der Waals surface area contributed by atoms with E-state index in [4.69, 9.17) is 4.74 Å². The minimum absolute atomic E-state index is 0.0430. The van der Waals surface area contributed by atoms with Crippen LogP contribution < -0.4 is 5.43 Å². The molecule has 1 aromatic carbocycles. The number of pyridine rings is 1. The first-order valence-corrected chi connectivity index (χ1v) is 7.78. The van der Waals surface area contributed by atoms with Crippen molar-refractivity contribution in [1.82, 2.24) is 4.57 Å². The van der Waals surface area contributed by atoms with Gasteiger partial charge in [0.25, 0.3) is 0 Å². The molecule has 2 atom stereocenters. The second-order valence-corrected chi connectivity index (χ2v) is 5.59. The maximum absolute atomic E-state index is 12.1. The maximum atomic E-state index is 12.1. The van der Waals surface area contributed by atoms with Crippen molar-refractivity contribution < 1.29 is 14.6 Å². The fraction of sp³-hybridized carbons (Fsp3) is 0.333. The molecule has 1 N–H and O–H groups in total. The van der Waals surface area contributed by atoms with Gasteiger partial charge < -0.3 is 14.4 Å². The van der Waals surface area contributed by atoms with E-state index in [1.807, 2.05) is 42.7 Å². The average Bonchev–Trinajstić information content (AvgIpc) is 2.55. The van der Waals surface area contributed by atoms with E-state index in [2.05, 4.69) is 0 Å². The summed E-state index contributed by atoms with van der Waals surface area (Å²) in [6.07, 6.45) is 2.07. The largest absolute Gasteiger partial charge is 0.477 e. The van der Waals surface area contributed by atoms with Gasteiger partial charge in [0.2, 0.25) is 0 Å². The Labute approximate surface area is 134 Å². The Kier molecular flexibility index (Phi) is 4.05. The number of hydrogen-bond donors (Lipinski definition) is 1. The number of carbonyl (C=O) groups is 1. The summed E-state index contributed by atoms with van der Waals surface area (Å²) in [5.41, 5.74) is 2.04. The Balaban J connectivity index is 2.30. The van der Waals surface area contributed by atoms with Gasteiger partial charge in [-0.1, -0.05) is 31.2 Å². The third kappa shape index (κ3) is 2.47. The predicted molar refractivity (Wildman–Crippen MR) is 86.8 cm³/mol. The van der Waals surface area contributed by atoms with Gasteiger partial charge in [0.05, 0.1) is 11.7 Å². The Morgan fingerprint density at radius 3 is 2.70 bits per heavy atom. The van der Waals surface area contributed by atoms with Gasteiger partial charge >= 0.3 is 5.97 Å². The number of benzene rings is 1. The predicted octanol–water partition coefficient (Wildman–Crippen LogP) is 3.26. The summed E-state index contributed by atoms with van der Waals surface area (Å²) in [7, 11) is 0. The van der Waals surface area contributed by atoms with Crippen LogP contribution in [-0.2, 0) is 4.74 Å². The van der Waals surface area contributed by atoms with Crippen LogP contribution in [0.25, 0.3) is 11.3 Å². The monoisotopic (exact) mass is 313 g/mol. The number of aromatic nitrogens is 1. The SMILES string of the molecule is CCOC1c2ccccc2-c2cc(=O)c(C(=O)O)cn2C1CC. The van der Waals surface area contributed by atoms with Gasteiger partial charge in [-0.3, -0.25) is 4.79 Å². The highest BCUT2D eigenvalue weighted by atomic mass is 16.5. The third-order valence-corrected chi connectivity index (χ3v) is 4.32. The zero-order chi connectivity index (χ0) is 16.6. The lowest BCUT2D eigenvalue weighted by atomic mass is 9.88. The third-order valence-electron chi connectivity index (χ3n) is 4.32. The van der Waals surface area contributed by atoms with Crippen molar-refractivity contribution in [2.75, 3.05) is 6.61 Å². The van der Waals surface area contributed by atoms with Crippen molar-refractivity contribution in [3.63, 3.8) is 0 Å². The van der Waals surface area contributed by atoms with E-state index in [1.165, 1.54) is 12.3 Å². The molecule has 0 bridgehead atoms. The van der Waals surface area contributed by atoms with Crippen LogP contribution in [0.3, 0.4) is 0 Å². The highest BCUT2D eigenvalue weighted by molar-refractivity contribution is 5.87. The quantitative estimate of drug-likeness (QED) is 0.940. The second kappa shape index (κ2) is 6.01. The Morgan fingerprint density at radius 2 is 2.04 bits per heavy atom. The molecule has 0 saturated heterocycles. The number of fused-ring (bicyclic) bond motifs is 3. The van der Waals surface area contributed by atoms with Crippen LogP contribution in [0.1, 0.15) is 48.3 Å². The van der Waals surface area contributed by atoms with E-state index >= 15 is 0 Å². The van der Waals surface area contributed by atoms with Gasteiger partial charge in [-0.05, 0) is 18.9 Å². The van der Waals surface area contributed by atoms with Crippen LogP contribution in [0.4, 0.5) is 0 Å². The number of aromatic carboxylic acids is 1. The van der Waals surface area contributed by atoms with Crippen LogP contribution in [0, 0.1) is 0 Å². The molecule has 0 spiro atoms. The van der Waals surface area contributed by atoms with Crippen molar-refractivity contribution in [1.29, 1.82) is 0 Å². The molecule has 5 nitrogen and oxygen atoms in total. The Morgan fingerprint density at radius 1 is 1.30 bits per heavy atom. The normalized spacial score (nSPS) is 19.0. The highest BCUT2D eigenvalue weighted by Crippen LogP contribution is 2.43. The van der Waals surface area contributed by atoms with Crippen molar-refractivity contribution in [2.24, 2.45) is 0 Å². The molecule has 0 fully saturated rings. The van der Waals surface area contributed by atoms with Crippen molar-refractivity contribution in [2.45, 2.75) is 32.4 Å². The van der Waals surface area contributed by atoms with Crippen molar-refractivity contribution in [3.05, 3.63) is 57.9 Å². The number of nitrogens with zero attached hydrogens (tertiary/aromatic N) is 1. The van der Waals surface area contributed by atoms with E-state index in [-0.39, 0.29) is 17.7 Å². The summed E-state index contributed by atoms with van der Waals surface area (Å²) in [6, 6.07) is 9.20. The van der Waals surface area contributed by atoms with Gasteiger partial charge in [0.1, 0.15) is 11.7 Å². The molecule has 1 aliphatic rings. The lowest BCUT2D eigenvalue weighted by molar-refractivity contribution is 0.0190.